The van der Waals surface area contributed by atoms with Gasteiger partial charge in [0.1, 0.15) is 5.76 Å². The highest BCUT2D eigenvalue weighted by molar-refractivity contribution is 5.64. The lowest BCUT2D eigenvalue weighted by Gasteiger charge is -2.16. The van der Waals surface area contributed by atoms with Gasteiger partial charge in [-0.2, -0.15) is 10.1 Å². The molecular formula is C18H21N5O. The van der Waals surface area contributed by atoms with Crippen molar-refractivity contribution in [3.05, 3.63) is 59.7 Å². The summed E-state index contributed by atoms with van der Waals surface area (Å²) in [7, 11) is 0. The van der Waals surface area contributed by atoms with E-state index in [-0.39, 0.29) is 0 Å². The number of nitrogens with one attached hydrogen (secondary N) is 2. The van der Waals surface area contributed by atoms with Gasteiger partial charge >= 0.3 is 0 Å². The number of rotatable bonds is 6. The summed E-state index contributed by atoms with van der Waals surface area (Å²) < 4.78 is 5.30. The molecule has 1 aromatic carbocycles. The standard InChI is InChI=1S/C18H21N5O/c1-12(2)15-8-4-6-13(3)17(15)22-18-21-16(11-20-23-18)19-10-14-7-5-9-24-14/h4-9,11-12H,10H2,1-3H3,(H2,19,21,22,23). The largest absolute Gasteiger partial charge is 0.467 e. The van der Waals surface area contributed by atoms with E-state index >= 15 is 0 Å². The Labute approximate surface area is 141 Å². The van der Waals surface area contributed by atoms with Gasteiger partial charge in [0.2, 0.25) is 5.95 Å². The van der Waals surface area contributed by atoms with Gasteiger partial charge in [-0.15, -0.1) is 5.10 Å². The minimum Gasteiger partial charge on any atom is -0.467 e. The molecule has 0 amide bonds. The van der Waals surface area contributed by atoms with E-state index in [4.69, 9.17) is 4.42 Å². The zero-order chi connectivity index (χ0) is 16.9. The van der Waals surface area contributed by atoms with Crippen LogP contribution in [0.3, 0.4) is 0 Å². The molecule has 0 aliphatic rings. The van der Waals surface area contributed by atoms with Gasteiger partial charge in [0.05, 0.1) is 19.0 Å². The molecule has 2 aromatic heterocycles. The lowest BCUT2D eigenvalue weighted by Crippen LogP contribution is -2.07. The maximum Gasteiger partial charge on any atom is 0.249 e. The van der Waals surface area contributed by atoms with Crippen LogP contribution in [0.4, 0.5) is 17.5 Å². The highest BCUT2D eigenvalue weighted by Crippen LogP contribution is 2.29. The molecule has 0 saturated heterocycles. The van der Waals surface area contributed by atoms with Crippen LogP contribution in [0.25, 0.3) is 0 Å². The first kappa shape index (κ1) is 16.0. The highest BCUT2D eigenvalue weighted by atomic mass is 16.3. The average molecular weight is 323 g/mol. The topological polar surface area (TPSA) is 75.9 Å². The van der Waals surface area contributed by atoms with Gasteiger partial charge in [0.15, 0.2) is 5.82 Å². The molecule has 0 fully saturated rings. The number of nitrogens with zero attached hydrogens (tertiary/aromatic N) is 3. The number of hydrogen-bond donors (Lipinski definition) is 2. The number of para-hydroxylation sites is 1. The van der Waals surface area contributed by atoms with Gasteiger partial charge < -0.3 is 15.1 Å². The van der Waals surface area contributed by atoms with Crippen molar-refractivity contribution in [1.82, 2.24) is 15.2 Å². The molecule has 2 heterocycles. The maximum atomic E-state index is 5.30. The molecule has 0 bridgehead atoms. The highest BCUT2D eigenvalue weighted by Gasteiger charge is 2.11. The first-order valence-corrected chi connectivity index (χ1v) is 7.96. The zero-order valence-electron chi connectivity index (χ0n) is 14.1. The Balaban J connectivity index is 1.78. The first-order chi connectivity index (χ1) is 11.6. The summed E-state index contributed by atoms with van der Waals surface area (Å²) in [5, 5.41) is 14.6. The molecule has 0 radical (unpaired) electrons. The Bertz CT molecular complexity index is 799. The van der Waals surface area contributed by atoms with Crippen molar-refractivity contribution in [2.75, 3.05) is 10.6 Å². The van der Waals surface area contributed by atoms with Crippen LogP contribution in [-0.2, 0) is 6.54 Å². The van der Waals surface area contributed by atoms with Gasteiger partial charge in [0, 0.05) is 5.69 Å². The normalized spacial score (nSPS) is 10.8. The van der Waals surface area contributed by atoms with Gasteiger partial charge in [-0.25, -0.2) is 0 Å². The molecule has 3 aromatic rings. The van der Waals surface area contributed by atoms with Crippen LogP contribution >= 0.6 is 0 Å². The summed E-state index contributed by atoms with van der Waals surface area (Å²) in [5.41, 5.74) is 3.42. The van der Waals surface area contributed by atoms with E-state index in [2.05, 4.69) is 64.8 Å². The van der Waals surface area contributed by atoms with E-state index in [9.17, 15) is 0 Å². The van der Waals surface area contributed by atoms with Crippen LogP contribution in [0.2, 0.25) is 0 Å². The molecule has 6 heteroatoms. The van der Waals surface area contributed by atoms with Gasteiger partial charge in [-0.05, 0) is 36.1 Å². The molecule has 124 valence electrons. The van der Waals surface area contributed by atoms with Crippen LogP contribution in [0.15, 0.2) is 47.2 Å². The van der Waals surface area contributed by atoms with Gasteiger partial charge in [0.25, 0.3) is 0 Å². The number of aryl methyl sites for hydroxylation is 1. The number of anilines is 3. The van der Waals surface area contributed by atoms with Crippen molar-refractivity contribution in [1.29, 1.82) is 0 Å². The fourth-order valence-electron chi connectivity index (χ4n) is 2.49. The summed E-state index contributed by atoms with van der Waals surface area (Å²) in [6.07, 6.45) is 3.24. The second-order valence-electron chi connectivity index (χ2n) is 5.92. The summed E-state index contributed by atoms with van der Waals surface area (Å²) in [6.45, 7) is 6.95. The van der Waals surface area contributed by atoms with Crippen LogP contribution in [-0.4, -0.2) is 15.2 Å². The lowest BCUT2D eigenvalue weighted by molar-refractivity contribution is 0.517. The van der Waals surface area contributed by atoms with Crippen LogP contribution in [0.1, 0.15) is 36.7 Å². The molecule has 2 N–H and O–H groups in total. The summed E-state index contributed by atoms with van der Waals surface area (Å²) in [5.74, 6) is 2.35. The molecule has 0 saturated carbocycles. The molecule has 0 spiro atoms. The Morgan fingerprint density at radius 1 is 1.17 bits per heavy atom. The molecule has 24 heavy (non-hydrogen) atoms. The SMILES string of the molecule is Cc1cccc(C(C)C)c1Nc1nncc(NCc2ccco2)n1. The summed E-state index contributed by atoms with van der Waals surface area (Å²) in [4.78, 5) is 4.47. The molecule has 0 atom stereocenters. The first-order valence-electron chi connectivity index (χ1n) is 7.96. The monoisotopic (exact) mass is 323 g/mol. The van der Waals surface area contributed by atoms with Crippen molar-refractivity contribution < 1.29 is 4.42 Å². The van der Waals surface area contributed by atoms with Gasteiger partial charge in [-0.1, -0.05) is 32.0 Å². The molecule has 6 nitrogen and oxygen atoms in total. The van der Waals surface area contributed by atoms with E-state index in [1.807, 2.05) is 12.1 Å². The summed E-state index contributed by atoms with van der Waals surface area (Å²) in [6, 6.07) is 10.0. The smallest absolute Gasteiger partial charge is 0.249 e. The van der Waals surface area contributed by atoms with E-state index in [0.717, 1.165) is 17.0 Å². The van der Waals surface area contributed by atoms with E-state index in [1.54, 1.807) is 12.5 Å². The minimum absolute atomic E-state index is 0.403. The van der Waals surface area contributed by atoms with Crippen molar-refractivity contribution in [3.8, 4) is 0 Å². The third-order valence-electron chi connectivity index (χ3n) is 3.75. The van der Waals surface area contributed by atoms with Crippen LogP contribution in [0.5, 0.6) is 0 Å². The zero-order valence-corrected chi connectivity index (χ0v) is 14.1. The molecular weight excluding hydrogens is 302 g/mol. The summed E-state index contributed by atoms with van der Waals surface area (Å²) >= 11 is 0. The minimum atomic E-state index is 0.403. The Kier molecular flexibility index (Phi) is 4.74. The van der Waals surface area contributed by atoms with Crippen molar-refractivity contribution in [2.24, 2.45) is 0 Å². The molecule has 3 rings (SSSR count). The van der Waals surface area contributed by atoms with Crippen molar-refractivity contribution >= 4 is 17.5 Å². The second kappa shape index (κ2) is 7.12. The maximum absolute atomic E-state index is 5.30. The fourth-order valence-corrected chi connectivity index (χ4v) is 2.49. The van der Waals surface area contributed by atoms with Crippen molar-refractivity contribution in [3.63, 3.8) is 0 Å². The third kappa shape index (κ3) is 3.71. The lowest BCUT2D eigenvalue weighted by atomic mass is 9.98. The average Bonchev–Trinajstić information content (AvgIpc) is 3.08. The Hall–Kier alpha value is -2.89. The van der Waals surface area contributed by atoms with E-state index < -0.39 is 0 Å². The van der Waals surface area contributed by atoms with E-state index in [1.165, 1.54) is 5.56 Å². The predicted molar refractivity (Wildman–Crippen MR) is 94.4 cm³/mol. The van der Waals surface area contributed by atoms with Crippen LogP contribution < -0.4 is 10.6 Å². The number of aromatic nitrogens is 3. The van der Waals surface area contributed by atoms with Gasteiger partial charge in [-0.3, -0.25) is 0 Å². The molecule has 0 unspecified atom stereocenters. The Morgan fingerprint density at radius 2 is 2.04 bits per heavy atom. The Morgan fingerprint density at radius 3 is 2.79 bits per heavy atom. The number of benzene rings is 1. The number of hydrogen-bond acceptors (Lipinski definition) is 6. The third-order valence-corrected chi connectivity index (χ3v) is 3.75. The van der Waals surface area contributed by atoms with E-state index in [0.29, 0.717) is 24.2 Å². The number of furan rings is 1. The molecule has 0 aliphatic heterocycles. The quantitative estimate of drug-likeness (QED) is 0.706. The molecule has 0 aliphatic carbocycles. The predicted octanol–water partition coefficient (Wildman–Crippen LogP) is 4.25. The van der Waals surface area contributed by atoms with Crippen molar-refractivity contribution in [2.45, 2.75) is 33.2 Å². The van der Waals surface area contributed by atoms with Crippen LogP contribution in [0, 0.1) is 6.92 Å². The fraction of sp³-hybridized carbons (Fsp3) is 0.278. The second-order valence-corrected chi connectivity index (χ2v) is 5.92.